The van der Waals surface area contributed by atoms with Gasteiger partial charge in [-0.05, 0) is 55.8 Å². The van der Waals surface area contributed by atoms with Gasteiger partial charge in [0, 0.05) is 40.1 Å². The van der Waals surface area contributed by atoms with E-state index in [0.29, 0.717) is 44.9 Å². The SMILES string of the molecule is CC1=CC(C=Cc2ccc(-c3cccc(Cl)c3)o2)=[N+]2C1=Cc1ccc(CCC(=O)OCC(Cl)(Cl)Cl)n1S2(F)F. The number of allylic oxidation sites excluding steroid dienone is 3. The number of halogens is 6. The molecule has 0 unspecified atom stereocenters. The van der Waals surface area contributed by atoms with Crippen molar-refractivity contribution >= 4 is 81.4 Å². The lowest BCUT2D eigenvalue weighted by molar-refractivity contribution is -0.302. The Hall–Kier alpha value is -2.49. The fraction of sp³-hybridized carbons (Fsp3) is 0.185. The molecule has 204 valence electrons. The maximum atomic E-state index is 16.1. The molecule has 0 fully saturated rings. The standard InChI is InChI=1S/C27H21Cl4F2N2O3S/c1-17-13-21(7-9-23-10-11-25(38-23)18-3-2-4-19(28)14-18)35-24(17)15-22-6-5-20(34(22)39(35,32)33)8-12-26(36)37-16-27(29,30)31/h2-7,9-11,13-15H,8,12,16H2,1H3/q+1. The Morgan fingerprint density at radius 1 is 1.13 bits per heavy atom. The summed E-state index contributed by atoms with van der Waals surface area (Å²) < 4.78 is 43.4. The second-order valence-electron chi connectivity index (χ2n) is 8.86. The van der Waals surface area contributed by atoms with Crippen LogP contribution in [0.25, 0.3) is 23.5 Å². The number of rotatable bonds is 7. The van der Waals surface area contributed by atoms with Crippen LogP contribution in [0.3, 0.4) is 0 Å². The molecule has 5 nitrogen and oxygen atoms in total. The number of aryl methyl sites for hydroxylation is 1. The Morgan fingerprint density at radius 3 is 2.67 bits per heavy atom. The maximum Gasteiger partial charge on any atom is 0.388 e. The summed E-state index contributed by atoms with van der Waals surface area (Å²) in [6.07, 6.45) is 6.58. The van der Waals surface area contributed by atoms with Crippen LogP contribution in [0.4, 0.5) is 7.77 Å². The van der Waals surface area contributed by atoms with E-state index in [2.05, 4.69) is 0 Å². The molecule has 1 aromatic carbocycles. The first-order chi connectivity index (χ1) is 18.4. The zero-order valence-corrected chi connectivity index (χ0v) is 24.2. The Labute approximate surface area is 245 Å². The first-order valence-electron chi connectivity index (χ1n) is 11.7. The van der Waals surface area contributed by atoms with Crippen LogP contribution in [0.1, 0.15) is 30.5 Å². The Bertz CT molecular complexity index is 1580. The normalized spacial score (nSPS) is 17.1. The molecule has 2 aliphatic heterocycles. The third-order valence-electron chi connectivity index (χ3n) is 6.02. The molecule has 0 atom stereocenters. The van der Waals surface area contributed by atoms with Gasteiger partial charge in [0.2, 0.25) is 15.2 Å². The van der Waals surface area contributed by atoms with E-state index in [0.717, 1.165) is 13.5 Å². The molecular weight excluding hydrogens is 612 g/mol. The van der Waals surface area contributed by atoms with Crippen LogP contribution in [0.15, 0.2) is 76.4 Å². The minimum absolute atomic E-state index is 0.0363. The number of nitrogens with zero attached hydrogens (tertiary/aromatic N) is 2. The highest BCUT2D eigenvalue weighted by atomic mass is 35.6. The number of furan rings is 1. The van der Waals surface area contributed by atoms with Crippen molar-refractivity contribution in [3.05, 3.63) is 94.1 Å². The van der Waals surface area contributed by atoms with Gasteiger partial charge < -0.3 is 9.15 Å². The number of alkyl halides is 3. The van der Waals surface area contributed by atoms with Crippen molar-refractivity contribution < 1.29 is 25.7 Å². The third-order valence-corrected chi connectivity index (χ3v) is 8.32. The van der Waals surface area contributed by atoms with Gasteiger partial charge in [-0.3, -0.25) is 4.79 Å². The molecular formula is C27H21Cl4F2N2O3S+. The van der Waals surface area contributed by atoms with Gasteiger partial charge in [0.1, 0.15) is 18.1 Å². The lowest BCUT2D eigenvalue weighted by Gasteiger charge is -2.25. The molecule has 0 amide bonds. The molecule has 0 saturated carbocycles. The minimum Gasteiger partial charge on any atom is -0.461 e. The van der Waals surface area contributed by atoms with Crippen molar-refractivity contribution in [2.75, 3.05) is 6.61 Å². The molecule has 39 heavy (non-hydrogen) atoms. The van der Waals surface area contributed by atoms with Crippen molar-refractivity contribution in [2.24, 2.45) is 0 Å². The van der Waals surface area contributed by atoms with Crippen LogP contribution in [-0.4, -0.2) is 30.0 Å². The lowest BCUT2D eigenvalue weighted by atomic mass is 10.2. The summed E-state index contributed by atoms with van der Waals surface area (Å²) >= 11 is 18.3. The fourth-order valence-corrected chi connectivity index (χ4v) is 6.44. The summed E-state index contributed by atoms with van der Waals surface area (Å²) in [6, 6.07) is 14.0. The molecule has 4 heterocycles. The summed E-state index contributed by atoms with van der Waals surface area (Å²) in [5, 5.41) is 0.584. The third kappa shape index (κ3) is 6.00. The molecule has 0 radical (unpaired) electrons. The molecule has 0 aliphatic carbocycles. The monoisotopic (exact) mass is 631 g/mol. The summed E-state index contributed by atoms with van der Waals surface area (Å²) in [5.41, 5.74) is 2.94. The number of hydrogen-bond acceptors (Lipinski definition) is 3. The van der Waals surface area contributed by atoms with Crippen molar-refractivity contribution in [2.45, 2.75) is 23.6 Å². The van der Waals surface area contributed by atoms with E-state index in [4.69, 9.17) is 55.6 Å². The number of esters is 1. The average Bonchev–Trinajstić information content (AvgIpc) is 3.58. The molecule has 5 rings (SSSR count). The zero-order chi connectivity index (χ0) is 27.9. The molecule has 0 N–H and O–H groups in total. The van der Waals surface area contributed by atoms with Crippen LogP contribution >= 0.6 is 57.6 Å². The van der Waals surface area contributed by atoms with Gasteiger partial charge in [-0.25, -0.2) is 3.97 Å². The van der Waals surface area contributed by atoms with Crippen molar-refractivity contribution in [1.82, 2.24) is 3.97 Å². The summed E-state index contributed by atoms with van der Waals surface area (Å²) in [7, 11) is 0. The number of hydrogen-bond donors (Lipinski definition) is 0. The van der Waals surface area contributed by atoms with Gasteiger partial charge >= 0.3 is 17.1 Å². The van der Waals surface area contributed by atoms with Crippen LogP contribution in [-0.2, 0) is 16.0 Å². The van der Waals surface area contributed by atoms with E-state index in [1.807, 2.05) is 12.1 Å². The Balaban J connectivity index is 1.40. The zero-order valence-electron chi connectivity index (χ0n) is 20.3. The van der Waals surface area contributed by atoms with Crippen LogP contribution in [0.2, 0.25) is 5.02 Å². The average molecular weight is 633 g/mol. The van der Waals surface area contributed by atoms with E-state index >= 15 is 7.77 Å². The highest BCUT2D eigenvalue weighted by molar-refractivity contribution is 8.18. The van der Waals surface area contributed by atoms with Crippen LogP contribution < -0.4 is 0 Å². The topological polar surface area (TPSA) is 47.4 Å². The maximum absolute atomic E-state index is 16.1. The van der Waals surface area contributed by atoms with Gasteiger partial charge in [0.05, 0.1) is 12.1 Å². The van der Waals surface area contributed by atoms with E-state index in [9.17, 15) is 4.79 Å². The number of carbonyl (C=O) groups excluding carboxylic acids is 1. The first-order valence-corrected chi connectivity index (χ1v) is 14.6. The Kier molecular flexibility index (Phi) is 7.79. The molecule has 0 bridgehead atoms. The van der Waals surface area contributed by atoms with Gasteiger partial charge in [-0.15, -0.1) is 0 Å². The van der Waals surface area contributed by atoms with Crippen molar-refractivity contribution in [3.63, 3.8) is 0 Å². The number of fused-ring (bicyclic) bond motifs is 2. The summed E-state index contributed by atoms with van der Waals surface area (Å²) in [4.78, 5) is 12.1. The predicted molar refractivity (Wildman–Crippen MR) is 154 cm³/mol. The number of carbonyl (C=O) groups is 1. The quantitative estimate of drug-likeness (QED) is 0.148. The van der Waals surface area contributed by atoms with E-state index < -0.39 is 27.5 Å². The molecule has 3 aromatic rings. The number of aromatic nitrogens is 1. The summed E-state index contributed by atoms with van der Waals surface area (Å²) in [5.74, 6) is 0.475. The number of benzene rings is 1. The molecule has 0 spiro atoms. The van der Waals surface area contributed by atoms with Gasteiger partial charge in [0.25, 0.3) is 0 Å². The first kappa shape index (κ1) is 28.1. The van der Waals surface area contributed by atoms with Gasteiger partial charge in [-0.1, -0.05) is 70.3 Å². The van der Waals surface area contributed by atoms with E-state index in [-0.39, 0.29) is 12.8 Å². The van der Waals surface area contributed by atoms with Gasteiger partial charge in [0.15, 0.2) is 0 Å². The fourth-order valence-electron chi connectivity index (χ4n) is 4.32. The Morgan fingerprint density at radius 2 is 1.92 bits per heavy atom. The van der Waals surface area contributed by atoms with E-state index in [1.165, 1.54) is 0 Å². The van der Waals surface area contributed by atoms with Crippen LogP contribution in [0, 0.1) is 0 Å². The van der Waals surface area contributed by atoms with E-state index in [1.54, 1.807) is 67.6 Å². The second kappa shape index (κ2) is 10.8. The summed E-state index contributed by atoms with van der Waals surface area (Å²) in [6.45, 7) is 1.37. The van der Waals surface area contributed by atoms with Gasteiger partial charge in [-0.2, -0.15) is 0 Å². The molecule has 0 saturated heterocycles. The smallest absolute Gasteiger partial charge is 0.388 e. The number of ether oxygens (including phenoxy) is 1. The second-order valence-corrected chi connectivity index (χ2v) is 13.4. The molecule has 12 heteroatoms. The highest BCUT2D eigenvalue weighted by Crippen LogP contribution is 2.61. The molecule has 2 aliphatic rings. The van der Waals surface area contributed by atoms with Crippen molar-refractivity contribution in [3.8, 4) is 11.3 Å². The van der Waals surface area contributed by atoms with Crippen molar-refractivity contribution in [1.29, 1.82) is 0 Å². The minimum atomic E-state index is -4.54. The molecule has 2 aromatic heterocycles. The lowest BCUT2D eigenvalue weighted by Crippen LogP contribution is -2.25. The van der Waals surface area contributed by atoms with Crippen LogP contribution in [0.5, 0.6) is 0 Å². The highest BCUT2D eigenvalue weighted by Gasteiger charge is 2.51. The largest absolute Gasteiger partial charge is 0.461 e. The predicted octanol–water partition coefficient (Wildman–Crippen LogP) is 8.98.